The summed E-state index contributed by atoms with van der Waals surface area (Å²) in [5.41, 5.74) is 1.18. The molecular weight excluding hydrogens is 250 g/mol. The molecule has 0 aromatic carbocycles. The van der Waals surface area contributed by atoms with Gasteiger partial charge in [-0.25, -0.2) is 0 Å². The molecule has 0 spiro atoms. The minimum Gasteiger partial charge on any atom is -0.382 e. The van der Waals surface area contributed by atoms with Crippen molar-refractivity contribution in [2.75, 3.05) is 19.8 Å². The number of aromatic nitrogens is 2. The first-order valence-corrected chi connectivity index (χ1v) is 8.06. The van der Waals surface area contributed by atoms with Crippen molar-refractivity contribution in [3.05, 3.63) is 18.0 Å². The van der Waals surface area contributed by atoms with Crippen molar-refractivity contribution < 1.29 is 4.74 Å². The van der Waals surface area contributed by atoms with Crippen LogP contribution >= 0.6 is 0 Å². The molecule has 0 radical (unpaired) electrons. The van der Waals surface area contributed by atoms with Crippen molar-refractivity contribution in [3.63, 3.8) is 0 Å². The monoisotopic (exact) mass is 281 g/mol. The summed E-state index contributed by atoms with van der Waals surface area (Å²) < 4.78 is 7.56. The topological polar surface area (TPSA) is 39.1 Å². The van der Waals surface area contributed by atoms with E-state index >= 15 is 0 Å². The predicted molar refractivity (Wildman–Crippen MR) is 84.1 cm³/mol. The van der Waals surface area contributed by atoms with Crippen LogP contribution in [0.4, 0.5) is 0 Å². The quantitative estimate of drug-likeness (QED) is 0.633. The molecule has 1 heterocycles. The van der Waals surface area contributed by atoms with Gasteiger partial charge in [0.25, 0.3) is 0 Å². The molecule has 20 heavy (non-hydrogen) atoms. The Balaban J connectivity index is 2.51. The van der Waals surface area contributed by atoms with Crippen LogP contribution in [0, 0.1) is 0 Å². The molecule has 1 aromatic heterocycles. The third-order valence-corrected chi connectivity index (χ3v) is 3.66. The summed E-state index contributed by atoms with van der Waals surface area (Å²) in [5, 5.41) is 8.29. The van der Waals surface area contributed by atoms with Crippen LogP contribution in [0.3, 0.4) is 0 Å². The van der Waals surface area contributed by atoms with Gasteiger partial charge in [0.05, 0.1) is 5.69 Å². The van der Waals surface area contributed by atoms with E-state index in [-0.39, 0.29) is 0 Å². The summed E-state index contributed by atoms with van der Waals surface area (Å²) in [7, 11) is 0. The second-order valence-corrected chi connectivity index (χ2v) is 5.39. The van der Waals surface area contributed by atoms with Crippen LogP contribution in [0.25, 0.3) is 0 Å². The lowest BCUT2D eigenvalue weighted by molar-refractivity contribution is 0.136. The molecule has 116 valence electrons. The number of rotatable bonds is 11. The van der Waals surface area contributed by atoms with Gasteiger partial charge in [0.2, 0.25) is 0 Å². The molecule has 0 aliphatic rings. The lowest BCUT2D eigenvalue weighted by Crippen LogP contribution is -2.33. The number of nitrogens with zero attached hydrogens (tertiary/aromatic N) is 2. The molecule has 4 nitrogen and oxygen atoms in total. The Morgan fingerprint density at radius 1 is 1.35 bits per heavy atom. The Morgan fingerprint density at radius 2 is 2.15 bits per heavy atom. The maximum absolute atomic E-state index is 5.48. The maximum atomic E-state index is 5.48. The lowest BCUT2D eigenvalue weighted by Gasteiger charge is -2.17. The van der Waals surface area contributed by atoms with Crippen LogP contribution in [0.5, 0.6) is 0 Å². The highest BCUT2D eigenvalue weighted by atomic mass is 16.5. The van der Waals surface area contributed by atoms with Crippen molar-refractivity contribution in [2.45, 2.75) is 65.5 Å². The fraction of sp³-hybridized carbons (Fsp3) is 0.812. The molecule has 0 aliphatic heterocycles. The highest BCUT2D eigenvalue weighted by Crippen LogP contribution is 2.11. The molecule has 0 aliphatic carbocycles. The van der Waals surface area contributed by atoms with E-state index in [1.807, 2.05) is 6.92 Å². The molecule has 1 N–H and O–H groups in total. The second kappa shape index (κ2) is 9.94. The molecule has 1 rings (SSSR count). The van der Waals surface area contributed by atoms with Crippen LogP contribution in [-0.4, -0.2) is 35.6 Å². The molecule has 2 unspecified atom stereocenters. The highest BCUT2D eigenvalue weighted by Gasteiger charge is 2.12. The van der Waals surface area contributed by atoms with Gasteiger partial charge in [0.1, 0.15) is 0 Å². The smallest absolute Gasteiger partial charge is 0.0640 e. The average Bonchev–Trinajstić information content (AvgIpc) is 2.92. The van der Waals surface area contributed by atoms with Gasteiger partial charge >= 0.3 is 0 Å². The number of nitrogens with one attached hydrogen (secondary N) is 1. The van der Waals surface area contributed by atoms with Crippen LogP contribution in [-0.2, 0) is 11.2 Å². The van der Waals surface area contributed by atoms with Gasteiger partial charge in [0.15, 0.2) is 0 Å². The fourth-order valence-corrected chi connectivity index (χ4v) is 2.17. The Kier molecular flexibility index (Phi) is 8.54. The predicted octanol–water partition coefficient (Wildman–Crippen LogP) is 3.19. The van der Waals surface area contributed by atoms with Gasteiger partial charge in [-0.2, -0.15) is 5.10 Å². The van der Waals surface area contributed by atoms with Gasteiger partial charge in [0, 0.05) is 37.9 Å². The van der Waals surface area contributed by atoms with Crippen molar-refractivity contribution in [1.82, 2.24) is 15.1 Å². The molecule has 0 saturated heterocycles. The summed E-state index contributed by atoms with van der Waals surface area (Å²) in [5.74, 6) is 0. The third-order valence-electron chi connectivity index (χ3n) is 3.66. The van der Waals surface area contributed by atoms with Crippen molar-refractivity contribution >= 4 is 0 Å². The van der Waals surface area contributed by atoms with E-state index < -0.39 is 0 Å². The molecule has 0 saturated carbocycles. The van der Waals surface area contributed by atoms with Crippen LogP contribution < -0.4 is 5.32 Å². The van der Waals surface area contributed by atoms with Gasteiger partial charge in [-0.05, 0) is 45.7 Å². The zero-order valence-electron chi connectivity index (χ0n) is 13.6. The Bertz CT molecular complexity index is 351. The average molecular weight is 281 g/mol. The normalized spacial score (nSPS) is 14.4. The molecule has 0 fully saturated rings. The first kappa shape index (κ1) is 17.2. The number of hydrogen-bond donors (Lipinski definition) is 1. The molecule has 0 bridgehead atoms. The molecule has 0 amide bonds. The summed E-state index contributed by atoms with van der Waals surface area (Å²) >= 11 is 0. The molecule has 4 heteroatoms. The van der Waals surface area contributed by atoms with E-state index in [4.69, 9.17) is 9.84 Å². The first-order valence-electron chi connectivity index (χ1n) is 8.06. The summed E-state index contributed by atoms with van der Waals surface area (Å²) in [6.45, 7) is 11.3. The van der Waals surface area contributed by atoms with E-state index in [1.165, 1.54) is 5.69 Å². The zero-order chi connectivity index (χ0) is 14.8. The molecule has 1 aromatic rings. The third kappa shape index (κ3) is 6.06. The Hall–Kier alpha value is -0.870. The largest absolute Gasteiger partial charge is 0.382 e. The van der Waals surface area contributed by atoms with E-state index in [0.29, 0.717) is 12.1 Å². The second-order valence-electron chi connectivity index (χ2n) is 5.39. The van der Waals surface area contributed by atoms with Gasteiger partial charge in [-0.1, -0.05) is 13.8 Å². The molecule has 2 atom stereocenters. The van der Waals surface area contributed by atoms with Gasteiger partial charge in [-0.15, -0.1) is 0 Å². The number of hydrogen-bond acceptors (Lipinski definition) is 3. The van der Waals surface area contributed by atoms with Gasteiger partial charge < -0.3 is 10.1 Å². The Labute approximate surface area is 123 Å². The minimum absolute atomic E-state index is 0.460. The van der Waals surface area contributed by atoms with Crippen molar-refractivity contribution in [1.29, 1.82) is 0 Å². The van der Waals surface area contributed by atoms with Crippen molar-refractivity contribution in [2.24, 2.45) is 0 Å². The zero-order valence-corrected chi connectivity index (χ0v) is 13.6. The lowest BCUT2D eigenvalue weighted by atomic mass is 10.1. The molecular formula is C16H31N3O. The standard InChI is InChI=1S/C16H31N3O/c1-5-10-17-15(9-12-20-7-3)13-16-8-11-19(18-16)14(4)6-2/h8,11,14-15,17H,5-7,9-10,12-13H2,1-4H3. The van der Waals surface area contributed by atoms with Crippen molar-refractivity contribution in [3.8, 4) is 0 Å². The van der Waals surface area contributed by atoms with Crippen LogP contribution in [0.1, 0.15) is 58.7 Å². The Morgan fingerprint density at radius 3 is 2.80 bits per heavy atom. The van der Waals surface area contributed by atoms with E-state index in [2.05, 4.69) is 43.0 Å². The van der Waals surface area contributed by atoms with Crippen LogP contribution in [0.2, 0.25) is 0 Å². The van der Waals surface area contributed by atoms with E-state index in [0.717, 1.165) is 45.4 Å². The maximum Gasteiger partial charge on any atom is 0.0640 e. The van der Waals surface area contributed by atoms with E-state index in [1.54, 1.807) is 0 Å². The van der Waals surface area contributed by atoms with E-state index in [9.17, 15) is 0 Å². The SMILES string of the molecule is CCCNC(CCOCC)Cc1ccn(C(C)CC)n1. The summed E-state index contributed by atoms with van der Waals surface area (Å²) in [6, 6.07) is 3.09. The van der Waals surface area contributed by atoms with Gasteiger partial charge in [-0.3, -0.25) is 4.68 Å². The fourth-order valence-electron chi connectivity index (χ4n) is 2.17. The first-order chi connectivity index (χ1) is 9.71. The van der Waals surface area contributed by atoms with Crippen LogP contribution in [0.15, 0.2) is 12.3 Å². The number of ether oxygens (including phenoxy) is 1. The minimum atomic E-state index is 0.460. The summed E-state index contributed by atoms with van der Waals surface area (Å²) in [4.78, 5) is 0. The highest BCUT2D eigenvalue weighted by molar-refractivity contribution is 5.02. The summed E-state index contributed by atoms with van der Waals surface area (Å²) in [6.07, 6.45) is 6.40.